The van der Waals surface area contributed by atoms with Gasteiger partial charge >= 0.3 is 0 Å². The molecule has 0 unspecified atom stereocenters. The highest BCUT2D eigenvalue weighted by molar-refractivity contribution is 7.99. The van der Waals surface area contributed by atoms with Crippen molar-refractivity contribution in [3.05, 3.63) is 56.4 Å². The van der Waals surface area contributed by atoms with Gasteiger partial charge in [-0.1, -0.05) is 23.9 Å². The van der Waals surface area contributed by atoms with E-state index in [1.54, 1.807) is 35.1 Å². The van der Waals surface area contributed by atoms with Crippen LogP contribution in [0.4, 0.5) is 4.39 Å². The second-order valence-corrected chi connectivity index (χ2v) is 8.84. The summed E-state index contributed by atoms with van der Waals surface area (Å²) in [6.07, 6.45) is 3.72. The van der Waals surface area contributed by atoms with Gasteiger partial charge in [-0.25, -0.2) is 9.37 Å². The summed E-state index contributed by atoms with van der Waals surface area (Å²) >= 11 is 2.88. The number of carbonyl (C=O) groups excluding carboxylic acids is 1. The van der Waals surface area contributed by atoms with Crippen molar-refractivity contribution in [1.29, 1.82) is 0 Å². The van der Waals surface area contributed by atoms with Crippen molar-refractivity contribution in [3.8, 4) is 0 Å². The van der Waals surface area contributed by atoms with Gasteiger partial charge < -0.3 is 5.32 Å². The Morgan fingerprint density at radius 1 is 1.32 bits per heavy atom. The molecule has 28 heavy (non-hydrogen) atoms. The largest absolute Gasteiger partial charge is 0.355 e. The van der Waals surface area contributed by atoms with E-state index in [-0.39, 0.29) is 23.0 Å². The van der Waals surface area contributed by atoms with Gasteiger partial charge in [0.25, 0.3) is 5.56 Å². The Balaban J connectivity index is 1.37. The minimum absolute atomic E-state index is 0.0244. The average Bonchev–Trinajstić information content (AvgIpc) is 3.26. The molecule has 0 aliphatic heterocycles. The standard InChI is InChI=1S/C20H20FN3O2S2/c1-24-19(26)17-14-3-2-4-15(14)28-18(17)23-20(24)27-11-16(25)22-10-9-12-5-7-13(21)8-6-12/h5-8H,2-4,9-11H2,1H3,(H,22,25). The minimum atomic E-state index is -0.268. The number of amides is 1. The number of benzene rings is 1. The predicted molar refractivity (Wildman–Crippen MR) is 111 cm³/mol. The van der Waals surface area contributed by atoms with Gasteiger partial charge in [0.15, 0.2) is 5.16 Å². The molecule has 1 aliphatic rings. The molecule has 0 atom stereocenters. The Kier molecular flexibility index (Phi) is 5.50. The van der Waals surface area contributed by atoms with E-state index in [0.717, 1.165) is 35.0 Å². The van der Waals surface area contributed by atoms with Gasteiger partial charge in [-0.05, 0) is 48.9 Å². The van der Waals surface area contributed by atoms with Crippen LogP contribution in [0.15, 0.2) is 34.2 Å². The van der Waals surface area contributed by atoms with Gasteiger partial charge in [-0.15, -0.1) is 11.3 Å². The van der Waals surface area contributed by atoms with E-state index in [0.29, 0.717) is 18.1 Å². The zero-order valence-corrected chi connectivity index (χ0v) is 17.1. The maximum Gasteiger partial charge on any atom is 0.262 e. The molecule has 3 aromatic rings. The average molecular weight is 418 g/mol. The monoisotopic (exact) mass is 417 g/mol. The number of fused-ring (bicyclic) bond motifs is 3. The molecule has 0 fully saturated rings. The fourth-order valence-corrected chi connectivity index (χ4v) is 5.52. The summed E-state index contributed by atoms with van der Waals surface area (Å²) in [6.45, 7) is 0.480. The number of hydrogen-bond donors (Lipinski definition) is 1. The van der Waals surface area contributed by atoms with Crippen molar-refractivity contribution in [3.63, 3.8) is 0 Å². The van der Waals surface area contributed by atoms with Crippen LogP contribution in [0.2, 0.25) is 0 Å². The van der Waals surface area contributed by atoms with E-state index in [4.69, 9.17) is 0 Å². The zero-order chi connectivity index (χ0) is 19.7. The summed E-state index contributed by atoms with van der Waals surface area (Å²) in [5.74, 6) is -0.189. The molecular weight excluding hydrogens is 397 g/mol. The number of nitrogens with one attached hydrogen (secondary N) is 1. The van der Waals surface area contributed by atoms with E-state index in [9.17, 15) is 14.0 Å². The molecule has 1 aliphatic carbocycles. The van der Waals surface area contributed by atoms with Crippen molar-refractivity contribution in [1.82, 2.24) is 14.9 Å². The van der Waals surface area contributed by atoms with Crippen molar-refractivity contribution >= 4 is 39.2 Å². The van der Waals surface area contributed by atoms with Crippen molar-refractivity contribution in [2.75, 3.05) is 12.3 Å². The predicted octanol–water partition coefficient (Wildman–Crippen LogP) is 3.07. The van der Waals surface area contributed by atoms with Crippen molar-refractivity contribution in [2.24, 2.45) is 7.05 Å². The van der Waals surface area contributed by atoms with Gasteiger partial charge in [-0.3, -0.25) is 14.2 Å². The van der Waals surface area contributed by atoms with E-state index in [2.05, 4.69) is 10.3 Å². The zero-order valence-electron chi connectivity index (χ0n) is 15.5. The Morgan fingerprint density at radius 3 is 2.89 bits per heavy atom. The summed E-state index contributed by atoms with van der Waals surface area (Å²) in [6, 6.07) is 6.25. The van der Waals surface area contributed by atoms with Crippen LogP contribution >= 0.6 is 23.1 Å². The van der Waals surface area contributed by atoms with Crippen LogP contribution in [0, 0.1) is 5.82 Å². The molecule has 2 heterocycles. The highest BCUT2D eigenvalue weighted by atomic mass is 32.2. The Morgan fingerprint density at radius 2 is 2.11 bits per heavy atom. The lowest BCUT2D eigenvalue weighted by Crippen LogP contribution is -2.28. The molecule has 146 valence electrons. The third kappa shape index (κ3) is 3.84. The molecule has 2 aromatic heterocycles. The molecule has 0 saturated carbocycles. The van der Waals surface area contributed by atoms with Crippen LogP contribution in [-0.2, 0) is 31.1 Å². The van der Waals surface area contributed by atoms with Crippen LogP contribution in [0.5, 0.6) is 0 Å². The summed E-state index contributed by atoms with van der Waals surface area (Å²) in [7, 11) is 1.71. The normalized spacial score (nSPS) is 13.1. The Hall–Kier alpha value is -2.19. The lowest BCUT2D eigenvalue weighted by atomic mass is 10.1. The van der Waals surface area contributed by atoms with E-state index < -0.39 is 0 Å². The third-order valence-corrected chi connectivity index (χ3v) is 7.10. The summed E-state index contributed by atoms with van der Waals surface area (Å²) in [5.41, 5.74) is 2.11. The van der Waals surface area contributed by atoms with Gasteiger partial charge in [0.2, 0.25) is 5.91 Å². The second kappa shape index (κ2) is 8.05. The first-order valence-electron chi connectivity index (χ1n) is 9.18. The van der Waals surface area contributed by atoms with Gasteiger partial charge in [0, 0.05) is 18.5 Å². The molecule has 1 N–H and O–H groups in total. The fraction of sp³-hybridized carbons (Fsp3) is 0.350. The molecule has 1 amide bonds. The maximum atomic E-state index is 12.9. The first-order valence-corrected chi connectivity index (χ1v) is 11.0. The maximum absolute atomic E-state index is 12.9. The first-order chi connectivity index (χ1) is 13.5. The first kappa shape index (κ1) is 19.1. The van der Waals surface area contributed by atoms with Crippen molar-refractivity contribution in [2.45, 2.75) is 30.8 Å². The number of halogens is 1. The lowest BCUT2D eigenvalue weighted by Gasteiger charge is -2.08. The smallest absolute Gasteiger partial charge is 0.262 e. The van der Waals surface area contributed by atoms with Crippen molar-refractivity contribution < 1.29 is 9.18 Å². The van der Waals surface area contributed by atoms with Gasteiger partial charge in [0.1, 0.15) is 10.6 Å². The Bertz CT molecular complexity index is 1090. The molecule has 0 bridgehead atoms. The highest BCUT2D eigenvalue weighted by Crippen LogP contribution is 2.35. The van der Waals surface area contributed by atoms with Crippen LogP contribution in [0.25, 0.3) is 10.2 Å². The SMILES string of the molecule is Cn1c(SCC(=O)NCCc2ccc(F)cc2)nc2sc3c(c2c1=O)CCC3. The molecule has 0 radical (unpaired) electrons. The Labute approximate surface area is 170 Å². The molecule has 4 rings (SSSR count). The molecule has 1 aromatic carbocycles. The summed E-state index contributed by atoms with van der Waals surface area (Å²) < 4.78 is 14.4. The van der Waals surface area contributed by atoms with E-state index >= 15 is 0 Å². The molecule has 0 spiro atoms. The third-order valence-electron chi connectivity index (χ3n) is 4.89. The molecular formula is C20H20FN3O2S2. The number of aryl methyl sites for hydroxylation is 2. The van der Waals surface area contributed by atoms with Crippen LogP contribution in [-0.4, -0.2) is 27.8 Å². The quantitative estimate of drug-likeness (QED) is 0.495. The number of carbonyl (C=O) groups is 1. The molecule has 5 nitrogen and oxygen atoms in total. The number of nitrogens with zero attached hydrogens (tertiary/aromatic N) is 2. The summed E-state index contributed by atoms with van der Waals surface area (Å²) in [4.78, 5) is 31.6. The summed E-state index contributed by atoms with van der Waals surface area (Å²) in [5, 5.41) is 4.17. The highest BCUT2D eigenvalue weighted by Gasteiger charge is 2.22. The van der Waals surface area contributed by atoms with Crippen LogP contribution in [0.1, 0.15) is 22.4 Å². The molecule has 0 saturated heterocycles. The fourth-order valence-electron chi connectivity index (χ4n) is 3.41. The topological polar surface area (TPSA) is 64.0 Å². The number of thiophene rings is 1. The number of aromatic nitrogens is 2. The van der Waals surface area contributed by atoms with Crippen LogP contribution in [0.3, 0.4) is 0 Å². The van der Waals surface area contributed by atoms with Gasteiger partial charge in [0.05, 0.1) is 11.1 Å². The number of hydrogen-bond acceptors (Lipinski definition) is 5. The van der Waals surface area contributed by atoms with Gasteiger partial charge in [-0.2, -0.15) is 0 Å². The minimum Gasteiger partial charge on any atom is -0.355 e. The van der Waals surface area contributed by atoms with E-state index in [1.807, 2.05) is 0 Å². The number of rotatable bonds is 6. The lowest BCUT2D eigenvalue weighted by molar-refractivity contribution is -0.118. The van der Waals surface area contributed by atoms with E-state index in [1.165, 1.54) is 34.3 Å². The number of thioether (sulfide) groups is 1. The van der Waals surface area contributed by atoms with Crippen LogP contribution < -0.4 is 10.9 Å². The second-order valence-electron chi connectivity index (χ2n) is 6.81. The molecule has 8 heteroatoms.